The summed E-state index contributed by atoms with van der Waals surface area (Å²) in [6.07, 6.45) is 7.20. The third-order valence-electron chi connectivity index (χ3n) is 5.39. The highest BCUT2D eigenvalue weighted by Gasteiger charge is 2.38. The summed E-state index contributed by atoms with van der Waals surface area (Å²) >= 11 is 1.48. The fraction of sp³-hybridized carbons (Fsp3) is 0.588. The van der Waals surface area contributed by atoms with E-state index in [-0.39, 0.29) is 30.7 Å². The number of thiazole rings is 1. The van der Waals surface area contributed by atoms with Gasteiger partial charge in [0.2, 0.25) is 0 Å². The molecule has 2 saturated heterocycles. The highest BCUT2D eigenvalue weighted by atomic mass is 35.5. The molecule has 4 heterocycles. The zero-order valence-corrected chi connectivity index (χ0v) is 17.5. The number of aryl methyl sites for hydroxylation is 2. The molecule has 0 radical (unpaired) electrons. The Kier molecular flexibility index (Phi) is 6.71. The molecule has 2 fully saturated rings. The van der Waals surface area contributed by atoms with Gasteiger partial charge in [-0.15, -0.1) is 36.2 Å². The van der Waals surface area contributed by atoms with Gasteiger partial charge in [-0.05, 0) is 38.1 Å². The lowest BCUT2D eigenvalue weighted by Gasteiger charge is -2.38. The van der Waals surface area contributed by atoms with Crippen molar-refractivity contribution < 1.29 is 4.79 Å². The maximum absolute atomic E-state index is 12.9. The number of nitrogens with one attached hydrogen (secondary N) is 1. The van der Waals surface area contributed by atoms with Crippen LogP contribution in [0.1, 0.15) is 34.6 Å². The van der Waals surface area contributed by atoms with Crippen LogP contribution in [0.4, 0.5) is 0 Å². The Bertz CT molecular complexity index is 759. The monoisotopic (exact) mass is 417 g/mol. The number of nitrogens with zero attached hydrogens (tertiary/aromatic N) is 4. The topological polar surface area (TPSA) is 63.1 Å². The molecule has 1 spiro atoms. The van der Waals surface area contributed by atoms with Gasteiger partial charge in [-0.3, -0.25) is 9.48 Å². The van der Waals surface area contributed by atoms with Gasteiger partial charge in [-0.2, -0.15) is 5.10 Å². The third kappa shape index (κ3) is 3.91. The van der Waals surface area contributed by atoms with E-state index in [2.05, 4.69) is 15.4 Å². The zero-order chi connectivity index (χ0) is 16.7. The van der Waals surface area contributed by atoms with Crippen molar-refractivity contribution in [2.75, 3.05) is 26.2 Å². The third-order valence-corrected chi connectivity index (χ3v) is 6.58. The van der Waals surface area contributed by atoms with E-state index in [4.69, 9.17) is 0 Å². The number of likely N-dealkylation sites (tertiary alicyclic amines) is 1. The van der Waals surface area contributed by atoms with Crippen molar-refractivity contribution >= 4 is 42.1 Å². The first kappa shape index (κ1) is 21.2. The van der Waals surface area contributed by atoms with Crippen LogP contribution in [0.25, 0.3) is 10.6 Å². The summed E-state index contributed by atoms with van der Waals surface area (Å²) in [7, 11) is 1.89. The highest BCUT2D eigenvalue weighted by Crippen LogP contribution is 2.38. The summed E-state index contributed by atoms with van der Waals surface area (Å²) in [5.41, 5.74) is 2.23. The highest BCUT2D eigenvalue weighted by molar-refractivity contribution is 7.17. The molecule has 0 bridgehead atoms. The summed E-state index contributed by atoms with van der Waals surface area (Å²) in [4.78, 5) is 20.3. The molecule has 0 aromatic carbocycles. The minimum atomic E-state index is 0. The van der Waals surface area contributed by atoms with E-state index < -0.39 is 0 Å². The molecular weight excluding hydrogens is 393 g/mol. The summed E-state index contributed by atoms with van der Waals surface area (Å²) in [6.45, 7) is 5.88. The van der Waals surface area contributed by atoms with E-state index >= 15 is 0 Å². The number of amides is 1. The Morgan fingerprint density at radius 2 is 2.00 bits per heavy atom. The molecule has 26 heavy (non-hydrogen) atoms. The Labute approximate surface area is 170 Å². The largest absolute Gasteiger partial charge is 0.338 e. The fourth-order valence-electron chi connectivity index (χ4n) is 3.80. The molecule has 4 rings (SSSR count). The molecule has 144 valence electrons. The molecular formula is C17H25Cl2N5OS. The smallest absolute Gasteiger partial charge is 0.265 e. The van der Waals surface area contributed by atoms with Crippen molar-refractivity contribution in [2.24, 2.45) is 12.5 Å². The van der Waals surface area contributed by atoms with Crippen molar-refractivity contribution in [3.63, 3.8) is 0 Å². The van der Waals surface area contributed by atoms with E-state index in [9.17, 15) is 4.79 Å². The zero-order valence-electron chi connectivity index (χ0n) is 15.0. The van der Waals surface area contributed by atoms with Crippen LogP contribution in [0, 0.1) is 12.3 Å². The van der Waals surface area contributed by atoms with Crippen molar-refractivity contribution in [3.8, 4) is 10.6 Å². The van der Waals surface area contributed by atoms with E-state index in [0.717, 1.165) is 60.2 Å². The van der Waals surface area contributed by atoms with Gasteiger partial charge in [0, 0.05) is 38.4 Å². The Balaban J connectivity index is 0.00000121. The minimum absolute atomic E-state index is 0. The Hall–Kier alpha value is -1.15. The van der Waals surface area contributed by atoms with Crippen LogP contribution in [-0.2, 0) is 7.05 Å². The van der Waals surface area contributed by atoms with E-state index in [0.29, 0.717) is 5.41 Å². The second kappa shape index (κ2) is 8.25. The predicted octanol–water partition coefficient (Wildman–Crippen LogP) is 2.91. The normalized spacial score (nSPS) is 18.5. The molecule has 0 aliphatic carbocycles. The summed E-state index contributed by atoms with van der Waals surface area (Å²) in [5, 5.41) is 8.53. The van der Waals surface area contributed by atoms with Crippen LogP contribution < -0.4 is 5.32 Å². The Morgan fingerprint density at radius 3 is 2.58 bits per heavy atom. The molecule has 0 atom stereocenters. The van der Waals surface area contributed by atoms with E-state index in [1.54, 1.807) is 10.9 Å². The molecule has 2 aliphatic heterocycles. The SMILES string of the molecule is Cc1nc(-c2cnn(C)c2)sc1C(=O)N1CCC2(CCNC2)CC1.Cl.Cl. The van der Waals surface area contributed by atoms with Crippen LogP contribution in [0.5, 0.6) is 0 Å². The molecule has 0 unspecified atom stereocenters. The van der Waals surface area contributed by atoms with Crippen LogP contribution in [0.2, 0.25) is 0 Å². The number of carbonyl (C=O) groups excluding carboxylic acids is 1. The van der Waals surface area contributed by atoms with Crippen molar-refractivity contribution in [1.29, 1.82) is 0 Å². The molecule has 2 aromatic heterocycles. The molecule has 1 N–H and O–H groups in total. The number of rotatable bonds is 2. The number of carbonyl (C=O) groups is 1. The van der Waals surface area contributed by atoms with E-state index in [1.807, 2.05) is 25.1 Å². The summed E-state index contributed by atoms with van der Waals surface area (Å²) in [6, 6.07) is 0. The molecule has 2 aliphatic rings. The molecule has 9 heteroatoms. The fourth-order valence-corrected chi connectivity index (χ4v) is 4.81. The molecule has 0 saturated carbocycles. The number of hydrogen-bond donors (Lipinski definition) is 1. The van der Waals surface area contributed by atoms with Gasteiger partial charge in [0.05, 0.1) is 11.9 Å². The van der Waals surface area contributed by atoms with Gasteiger partial charge in [-0.1, -0.05) is 0 Å². The van der Waals surface area contributed by atoms with Crippen molar-refractivity contribution in [2.45, 2.75) is 26.2 Å². The van der Waals surface area contributed by atoms with Crippen LogP contribution in [-0.4, -0.2) is 51.8 Å². The molecule has 6 nitrogen and oxygen atoms in total. The minimum Gasteiger partial charge on any atom is -0.338 e. The van der Waals surface area contributed by atoms with Gasteiger partial charge in [-0.25, -0.2) is 4.98 Å². The average molecular weight is 418 g/mol. The average Bonchev–Trinajstić information content (AvgIpc) is 3.28. The van der Waals surface area contributed by atoms with Crippen molar-refractivity contribution in [3.05, 3.63) is 23.0 Å². The van der Waals surface area contributed by atoms with E-state index in [1.165, 1.54) is 17.8 Å². The quantitative estimate of drug-likeness (QED) is 0.815. The summed E-state index contributed by atoms with van der Waals surface area (Å²) in [5.74, 6) is 0.140. The number of hydrogen-bond acceptors (Lipinski definition) is 5. The maximum atomic E-state index is 12.9. The second-order valence-electron chi connectivity index (χ2n) is 7.06. The number of piperidine rings is 1. The predicted molar refractivity (Wildman–Crippen MR) is 109 cm³/mol. The maximum Gasteiger partial charge on any atom is 0.265 e. The first-order valence-corrected chi connectivity index (χ1v) is 9.34. The van der Waals surface area contributed by atoms with Crippen molar-refractivity contribution in [1.82, 2.24) is 25.0 Å². The van der Waals surface area contributed by atoms with Gasteiger partial charge >= 0.3 is 0 Å². The van der Waals surface area contributed by atoms with Gasteiger partial charge in [0.15, 0.2) is 0 Å². The first-order chi connectivity index (χ1) is 11.6. The second-order valence-corrected chi connectivity index (χ2v) is 8.05. The van der Waals surface area contributed by atoms with Gasteiger partial charge in [0.25, 0.3) is 5.91 Å². The number of halogens is 2. The van der Waals surface area contributed by atoms with Gasteiger partial charge in [0.1, 0.15) is 9.88 Å². The lowest BCUT2D eigenvalue weighted by Crippen LogP contribution is -2.44. The lowest BCUT2D eigenvalue weighted by molar-refractivity contribution is 0.0611. The first-order valence-electron chi connectivity index (χ1n) is 8.53. The standard InChI is InChI=1S/C17H23N5OS.2ClH/c1-12-14(24-15(20-12)13-9-19-21(2)10-13)16(23)22-7-4-17(5-8-22)3-6-18-11-17;;/h9-10,18H,3-8,11H2,1-2H3;2*1H. The van der Waals surface area contributed by atoms with Crippen LogP contribution in [0.3, 0.4) is 0 Å². The van der Waals surface area contributed by atoms with Crippen LogP contribution >= 0.6 is 36.2 Å². The lowest BCUT2D eigenvalue weighted by atomic mass is 9.78. The van der Waals surface area contributed by atoms with Crippen LogP contribution in [0.15, 0.2) is 12.4 Å². The number of aromatic nitrogens is 3. The van der Waals surface area contributed by atoms with Gasteiger partial charge < -0.3 is 10.2 Å². The summed E-state index contributed by atoms with van der Waals surface area (Å²) < 4.78 is 1.76. The molecule has 1 amide bonds. The Morgan fingerprint density at radius 1 is 1.27 bits per heavy atom. The molecule has 2 aromatic rings.